The summed E-state index contributed by atoms with van der Waals surface area (Å²) in [6.45, 7) is 6.42. The predicted molar refractivity (Wildman–Crippen MR) is 123 cm³/mol. The lowest BCUT2D eigenvalue weighted by atomic mass is 9.94. The van der Waals surface area contributed by atoms with Crippen molar-refractivity contribution < 1.29 is 28.5 Å². The highest BCUT2D eigenvalue weighted by Gasteiger charge is 2.36. The Hall–Kier alpha value is -3.53. The Morgan fingerprint density at radius 2 is 1.70 bits per heavy atom. The number of ether oxygens (including phenoxy) is 4. The fourth-order valence-electron chi connectivity index (χ4n) is 3.60. The van der Waals surface area contributed by atoms with Gasteiger partial charge >= 0.3 is 5.97 Å². The summed E-state index contributed by atoms with van der Waals surface area (Å²) in [6.07, 6.45) is 1.22. The second-order valence-corrected chi connectivity index (χ2v) is 9.16. The monoisotopic (exact) mass is 451 g/mol. The number of benzene rings is 2. The molecule has 3 rings (SSSR count). The first-order valence-corrected chi connectivity index (χ1v) is 10.7. The van der Waals surface area contributed by atoms with Crippen LogP contribution in [0.15, 0.2) is 30.3 Å². The summed E-state index contributed by atoms with van der Waals surface area (Å²) in [7, 11) is 3.05. The van der Waals surface area contributed by atoms with Gasteiger partial charge in [-0.25, -0.2) is 0 Å². The normalized spacial score (nSPS) is 13.2. The smallest absolute Gasteiger partial charge is 0.316 e. The third-order valence-electron chi connectivity index (χ3n) is 5.59. The first kappa shape index (κ1) is 24.1. The number of fused-ring (bicyclic) bond motifs is 1. The number of carbonyl (C=O) groups is 2. The summed E-state index contributed by atoms with van der Waals surface area (Å²) in [5.41, 5.74) is 1.09. The van der Waals surface area contributed by atoms with Crippen molar-refractivity contribution in [1.82, 2.24) is 0 Å². The van der Waals surface area contributed by atoms with Crippen molar-refractivity contribution >= 4 is 11.8 Å². The Kier molecular flexibility index (Phi) is 6.68. The molecule has 0 N–H and O–H groups in total. The van der Waals surface area contributed by atoms with Crippen LogP contribution in [0.4, 0.5) is 0 Å². The van der Waals surface area contributed by atoms with Gasteiger partial charge in [-0.1, -0.05) is 18.2 Å². The minimum Gasteiger partial charge on any atom is -0.493 e. The summed E-state index contributed by atoms with van der Waals surface area (Å²) >= 11 is 0. The quantitative estimate of drug-likeness (QED) is 0.535. The van der Waals surface area contributed by atoms with Crippen LogP contribution in [0.25, 0.3) is 11.1 Å². The highest BCUT2D eigenvalue weighted by Crippen LogP contribution is 2.45. The fourth-order valence-corrected chi connectivity index (χ4v) is 3.60. The van der Waals surface area contributed by atoms with Gasteiger partial charge in [0.15, 0.2) is 22.9 Å². The lowest BCUT2D eigenvalue weighted by Crippen LogP contribution is -2.38. The van der Waals surface area contributed by atoms with Crippen molar-refractivity contribution in [2.75, 3.05) is 20.8 Å². The number of nitrogens with zero attached hydrogens (tertiary/aromatic N) is 1. The van der Waals surface area contributed by atoms with Crippen LogP contribution in [0, 0.1) is 16.7 Å². The van der Waals surface area contributed by atoms with Gasteiger partial charge in [-0.2, -0.15) is 5.26 Å². The topological polar surface area (TPSA) is 94.9 Å². The third kappa shape index (κ3) is 4.95. The molecule has 0 spiro atoms. The minimum absolute atomic E-state index is 0.0205. The maximum Gasteiger partial charge on any atom is 0.316 e. The van der Waals surface area contributed by atoms with E-state index in [2.05, 4.69) is 0 Å². The highest BCUT2D eigenvalue weighted by atomic mass is 16.6. The Labute approximate surface area is 194 Å². The first-order chi connectivity index (χ1) is 15.5. The fraction of sp³-hybridized carbons (Fsp3) is 0.423. The number of aryl methyl sites for hydroxylation is 1. The molecule has 174 valence electrons. The average molecular weight is 452 g/mol. The average Bonchev–Trinajstić information content (AvgIpc) is 3.16. The Balaban J connectivity index is 1.98. The Bertz CT molecular complexity index is 1130. The minimum atomic E-state index is -1.24. The van der Waals surface area contributed by atoms with E-state index in [0.717, 1.165) is 22.3 Å². The van der Waals surface area contributed by atoms with Crippen LogP contribution in [-0.2, 0) is 16.0 Å². The molecule has 0 aromatic heterocycles. The molecule has 0 bridgehead atoms. The maximum atomic E-state index is 12.7. The second kappa shape index (κ2) is 9.14. The molecule has 0 fully saturated rings. The number of ketones is 1. The molecule has 0 heterocycles. The number of methoxy groups -OCH3 is 2. The van der Waals surface area contributed by atoms with Gasteiger partial charge in [-0.3, -0.25) is 9.59 Å². The van der Waals surface area contributed by atoms with Gasteiger partial charge in [0.2, 0.25) is 5.75 Å². The molecule has 0 radical (unpaired) electrons. The lowest BCUT2D eigenvalue weighted by Gasteiger charge is -2.28. The lowest BCUT2D eigenvalue weighted by molar-refractivity contribution is -0.164. The number of Topliss-reactive ketones (excluding diaryl/α,β-unsaturated/α-hetero) is 1. The van der Waals surface area contributed by atoms with Crippen LogP contribution in [0.5, 0.6) is 17.2 Å². The standard InChI is InChI=1S/C26H29NO6/c1-25(2,24(29)33-26(3,4)14-27)15-32-22-19(10-12-21(30-5)23(22)31-6)17-7-9-18-16(13-17)8-11-20(18)28/h7,9-10,12-13H,8,11,15H2,1-6H3. The van der Waals surface area contributed by atoms with E-state index < -0.39 is 17.0 Å². The summed E-state index contributed by atoms with van der Waals surface area (Å²) < 4.78 is 22.6. The molecule has 2 aromatic rings. The van der Waals surface area contributed by atoms with Gasteiger partial charge in [0.05, 0.1) is 19.6 Å². The Morgan fingerprint density at radius 1 is 1.00 bits per heavy atom. The van der Waals surface area contributed by atoms with Gasteiger partial charge in [0, 0.05) is 17.5 Å². The van der Waals surface area contributed by atoms with E-state index in [1.165, 1.54) is 28.1 Å². The number of nitriles is 1. The SMILES string of the molecule is COc1ccc(-c2ccc3c(c2)CCC3=O)c(OCC(C)(C)C(=O)OC(C)(C)C#N)c1OC. The molecule has 7 nitrogen and oxygen atoms in total. The zero-order chi connectivity index (χ0) is 24.4. The van der Waals surface area contributed by atoms with E-state index in [1.807, 2.05) is 30.3 Å². The van der Waals surface area contributed by atoms with E-state index in [1.54, 1.807) is 19.9 Å². The van der Waals surface area contributed by atoms with Crippen LogP contribution < -0.4 is 14.2 Å². The molecule has 7 heteroatoms. The molecule has 2 aromatic carbocycles. The molecule has 0 saturated carbocycles. The summed E-state index contributed by atoms with van der Waals surface area (Å²) in [5, 5.41) is 9.18. The Morgan fingerprint density at radius 3 is 2.33 bits per heavy atom. The van der Waals surface area contributed by atoms with E-state index in [4.69, 9.17) is 18.9 Å². The summed E-state index contributed by atoms with van der Waals surface area (Å²) in [5.74, 6) is 0.905. The van der Waals surface area contributed by atoms with E-state index >= 15 is 0 Å². The predicted octanol–water partition coefficient (Wildman–Crippen LogP) is 4.75. The zero-order valence-electron chi connectivity index (χ0n) is 19.9. The van der Waals surface area contributed by atoms with Crippen molar-refractivity contribution in [3.05, 3.63) is 41.5 Å². The van der Waals surface area contributed by atoms with Crippen molar-refractivity contribution in [1.29, 1.82) is 5.26 Å². The number of hydrogen-bond donors (Lipinski definition) is 0. The number of rotatable bonds is 8. The molecule has 0 saturated heterocycles. The third-order valence-corrected chi connectivity index (χ3v) is 5.59. The van der Waals surface area contributed by atoms with E-state index in [-0.39, 0.29) is 12.4 Å². The summed E-state index contributed by atoms with van der Waals surface area (Å²) in [6, 6.07) is 11.3. The van der Waals surface area contributed by atoms with E-state index in [0.29, 0.717) is 30.1 Å². The van der Waals surface area contributed by atoms with Crippen LogP contribution in [0.1, 0.15) is 50.0 Å². The van der Waals surface area contributed by atoms with E-state index in [9.17, 15) is 14.9 Å². The molecular formula is C26H29NO6. The van der Waals surface area contributed by atoms with Gasteiger partial charge < -0.3 is 18.9 Å². The van der Waals surface area contributed by atoms with Crippen LogP contribution in [0.2, 0.25) is 0 Å². The second-order valence-electron chi connectivity index (χ2n) is 9.16. The molecule has 0 aliphatic heterocycles. The molecule has 1 aliphatic rings. The van der Waals surface area contributed by atoms with Crippen molar-refractivity contribution in [2.45, 2.75) is 46.1 Å². The maximum absolute atomic E-state index is 12.7. The number of esters is 1. The van der Waals surface area contributed by atoms with Gasteiger partial charge in [-0.15, -0.1) is 0 Å². The number of hydrogen-bond acceptors (Lipinski definition) is 7. The van der Waals surface area contributed by atoms with Crippen LogP contribution >= 0.6 is 0 Å². The molecule has 0 amide bonds. The van der Waals surface area contributed by atoms with Crippen molar-refractivity contribution in [2.24, 2.45) is 5.41 Å². The molecule has 0 atom stereocenters. The van der Waals surface area contributed by atoms with Gasteiger partial charge in [0.25, 0.3) is 0 Å². The van der Waals surface area contributed by atoms with Crippen LogP contribution in [0.3, 0.4) is 0 Å². The largest absolute Gasteiger partial charge is 0.493 e. The molecule has 33 heavy (non-hydrogen) atoms. The molecular weight excluding hydrogens is 422 g/mol. The number of carbonyl (C=O) groups excluding carboxylic acids is 2. The molecule has 1 aliphatic carbocycles. The zero-order valence-corrected chi connectivity index (χ0v) is 19.9. The first-order valence-electron chi connectivity index (χ1n) is 10.7. The summed E-state index contributed by atoms with van der Waals surface area (Å²) in [4.78, 5) is 24.7. The van der Waals surface area contributed by atoms with Crippen molar-refractivity contribution in [3.8, 4) is 34.4 Å². The molecule has 0 unspecified atom stereocenters. The van der Waals surface area contributed by atoms with Gasteiger partial charge in [0.1, 0.15) is 12.7 Å². The van der Waals surface area contributed by atoms with Crippen LogP contribution in [-0.4, -0.2) is 38.2 Å². The highest BCUT2D eigenvalue weighted by molar-refractivity contribution is 6.01. The van der Waals surface area contributed by atoms with Crippen molar-refractivity contribution in [3.63, 3.8) is 0 Å². The van der Waals surface area contributed by atoms with Gasteiger partial charge in [-0.05, 0) is 57.4 Å².